The van der Waals surface area contributed by atoms with Gasteiger partial charge >= 0.3 is 5.97 Å². The zero-order valence-electron chi connectivity index (χ0n) is 11.2. The van der Waals surface area contributed by atoms with Crippen LogP contribution < -0.4 is 0 Å². The normalized spacial score (nSPS) is 22.1. The van der Waals surface area contributed by atoms with Gasteiger partial charge in [-0.3, -0.25) is 0 Å². The van der Waals surface area contributed by atoms with Crippen molar-refractivity contribution in [1.29, 1.82) is 0 Å². The number of rotatable bonds is 4. The molecular weight excluding hydrogens is 228 g/mol. The number of phenols is 1. The molecule has 1 atom stereocenters. The van der Waals surface area contributed by atoms with E-state index in [1.807, 2.05) is 6.92 Å². The first-order valence-electron chi connectivity index (χ1n) is 6.49. The number of carbonyl (C=O) groups excluding carboxylic acids is 1. The van der Waals surface area contributed by atoms with Crippen molar-refractivity contribution in [2.24, 2.45) is 5.92 Å². The highest BCUT2D eigenvalue weighted by Crippen LogP contribution is 2.41. The van der Waals surface area contributed by atoms with Crippen LogP contribution in [0.2, 0.25) is 0 Å². The molecule has 98 valence electrons. The summed E-state index contributed by atoms with van der Waals surface area (Å²) in [4.78, 5) is 11.8. The van der Waals surface area contributed by atoms with Crippen molar-refractivity contribution in [2.45, 2.75) is 45.6 Å². The highest BCUT2D eigenvalue weighted by Gasteiger charge is 2.41. The molecule has 2 rings (SSSR count). The van der Waals surface area contributed by atoms with Gasteiger partial charge in [-0.25, -0.2) is 4.79 Å². The zero-order valence-corrected chi connectivity index (χ0v) is 11.2. The van der Waals surface area contributed by atoms with Crippen LogP contribution in [0.1, 0.15) is 56.0 Å². The van der Waals surface area contributed by atoms with Crippen LogP contribution in [0.3, 0.4) is 0 Å². The van der Waals surface area contributed by atoms with E-state index in [-0.39, 0.29) is 11.7 Å². The fourth-order valence-electron chi connectivity index (χ4n) is 2.51. The summed E-state index contributed by atoms with van der Waals surface area (Å²) >= 11 is 0. The fourth-order valence-corrected chi connectivity index (χ4v) is 2.51. The van der Waals surface area contributed by atoms with Crippen LogP contribution >= 0.6 is 0 Å². The van der Waals surface area contributed by atoms with E-state index in [2.05, 4.69) is 13.8 Å². The average molecular weight is 248 g/mol. The van der Waals surface area contributed by atoms with Gasteiger partial charge in [-0.05, 0) is 37.8 Å². The van der Waals surface area contributed by atoms with E-state index in [9.17, 15) is 9.90 Å². The van der Waals surface area contributed by atoms with Gasteiger partial charge in [0.25, 0.3) is 0 Å². The Hall–Kier alpha value is -1.51. The number of cyclic esters (lactones) is 1. The molecular formula is C15H20O3. The van der Waals surface area contributed by atoms with Crippen molar-refractivity contribution < 1.29 is 14.6 Å². The number of fused-ring (bicyclic) bond motifs is 1. The number of hydrogen-bond donors (Lipinski definition) is 1. The molecule has 0 radical (unpaired) electrons. The predicted molar refractivity (Wildman–Crippen MR) is 69.6 cm³/mol. The Morgan fingerprint density at radius 3 is 2.78 bits per heavy atom. The molecule has 1 aromatic carbocycles. The molecule has 0 aromatic heterocycles. The van der Waals surface area contributed by atoms with E-state index in [1.165, 1.54) is 6.07 Å². The van der Waals surface area contributed by atoms with Gasteiger partial charge in [-0.2, -0.15) is 0 Å². The van der Waals surface area contributed by atoms with Gasteiger partial charge in [0.2, 0.25) is 0 Å². The molecule has 3 nitrogen and oxygen atoms in total. The van der Waals surface area contributed by atoms with Gasteiger partial charge in [0.05, 0.1) is 5.56 Å². The Labute approximate surface area is 108 Å². The van der Waals surface area contributed by atoms with Crippen LogP contribution in [0.25, 0.3) is 0 Å². The summed E-state index contributed by atoms with van der Waals surface area (Å²) in [5, 5.41) is 9.43. The molecule has 0 bridgehead atoms. The number of aromatic hydroxyl groups is 1. The van der Waals surface area contributed by atoms with Gasteiger partial charge in [-0.1, -0.05) is 26.3 Å². The number of ether oxygens (including phenoxy) is 1. The molecule has 1 aromatic rings. The first-order valence-corrected chi connectivity index (χ1v) is 6.49. The fraction of sp³-hybridized carbons (Fsp3) is 0.533. The van der Waals surface area contributed by atoms with Crippen molar-refractivity contribution >= 4 is 5.97 Å². The molecule has 0 unspecified atom stereocenters. The van der Waals surface area contributed by atoms with Crippen LogP contribution in [0.15, 0.2) is 18.2 Å². The summed E-state index contributed by atoms with van der Waals surface area (Å²) < 4.78 is 5.51. The van der Waals surface area contributed by atoms with Crippen LogP contribution in [-0.2, 0) is 10.3 Å². The Bertz CT molecular complexity index is 465. The van der Waals surface area contributed by atoms with Crippen molar-refractivity contribution in [1.82, 2.24) is 0 Å². The third-order valence-corrected chi connectivity index (χ3v) is 3.55. The maximum absolute atomic E-state index is 11.8. The summed E-state index contributed by atoms with van der Waals surface area (Å²) in [6.45, 7) is 6.33. The molecule has 0 aliphatic carbocycles. The molecule has 1 aliphatic rings. The monoisotopic (exact) mass is 248 g/mol. The lowest BCUT2D eigenvalue weighted by Crippen LogP contribution is -2.21. The zero-order chi connectivity index (χ0) is 13.3. The smallest absolute Gasteiger partial charge is 0.339 e. The molecule has 0 fully saturated rings. The van der Waals surface area contributed by atoms with Crippen molar-refractivity contribution in [2.75, 3.05) is 0 Å². The highest BCUT2D eigenvalue weighted by atomic mass is 16.6. The average Bonchev–Trinajstić information content (AvgIpc) is 2.50. The first kappa shape index (κ1) is 12.9. The molecule has 3 heteroatoms. The SMILES string of the molecule is CC(C)CCC[C@@]1(C)OC(=O)c2cc(O)ccc21. The topological polar surface area (TPSA) is 46.5 Å². The minimum Gasteiger partial charge on any atom is -0.508 e. The maximum Gasteiger partial charge on any atom is 0.339 e. The van der Waals surface area contributed by atoms with E-state index in [0.717, 1.165) is 24.8 Å². The van der Waals surface area contributed by atoms with Crippen LogP contribution in [0, 0.1) is 5.92 Å². The molecule has 0 saturated heterocycles. The predicted octanol–water partition coefficient (Wildman–Crippen LogP) is 3.60. The van der Waals surface area contributed by atoms with Gasteiger partial charge in [0.15, 0.2) is 0 Å². The summed E-state index contributed by atoms with van der Waals surface area (Å²) in [5.41, 5.74) is 0.866. The minimum atomic E-state index is -0.533. The lowest BCUT2D eigenvalue weighted by Gasteiger charge is -2.24. The van der Waals surface area contributed by atoms with E-state index < -0.39 is 5.60 Å². The molecule has 0 amide bonds. The second-order valence-electron chi connectivity index (χ2n) is 5.64. The van der Waals surface area contributed by atoms with E-state index in [4.69, 9.17) is 4.74 Å². The second kappa shape index (κ2) is 4.63. The summed E-state index contributed by atoms with van der Waals surface area (Å²) in [6.07, 6.45) is 2.98. The van der Waals surface area contributed by atoms with Crippen LogP contribution in [0.4, 0.5) is 0 Å². The Balaban J connectivity index is 2.19. The summed E-state index contributed by atoms with van der Waals surface area (Å²) in [7, 11) is 0. The standard InChI is InChI=1S/C15H20O3/c1-10(2)5-4-8-15(3)13-7-6-11(16)9-12(13)14(17)18-15/h6-7,9-10,16H,4-5,8H2,1-3H3/t15-/m1/s1. The van der Waals surface area contributed by atoms with Gasteiger partial charge in [0.1, 0.15) is 11.4 Å². The number of phenolic OH excluding ortho intramolecular Hbond substituents is 1. The largest absolute Gasteiger partial charge is 0.508 e. The van der Waals surface area contributed by atoms with Crippen LogP contribution in [0.5, 0.6) is 5.75 Å². The molecule has 0 saturated carbocycles. The van der Waals surface area contributed by atoms with Crippen molar-refractivity contribution in [3.8, 4) is 5.75 Å². The third-order valence-electron chi connectivity index (χ3n) is 3.55. The molecule has 1 aliphatic heterocycles. The number of carbonyl (C=O) groups is 1. The first-order chi connectivity index (χ1) is 8.42. The number of hydrogen-bond acceptors (Lipinski definition) is 3. The van der Waals surface area contributed by atoms with Crippen molar-refractivity contribution in [3.05, 3.63) is 29.3 Å². The van der Waals surface area contributed by atoms with Gasteiger partial charge in [0, 0.05) is 5.56 Å². The summed E-state index contributed by atoms with van der Waals surface area (Å²) in [5.74, 6) is 0.440. The Morgan fingerprint density at radius 2 is 2.11 bits per heavy atom. The number of esters is 1. The lowest BCUT2D eigenvalue weighted by molar-refractivity contribution is -0.00444. The molecule has 0 spiro atoms. The van der Waals surface area contributed by atoms with Gasteiger partial charge < -0.3 is 9.84 Å². The molecule has 1 heterocycles. The quantitative estimate of drug-likeness (QED) is 0.828. The highest BCUT2D eigenvalue weighted by molar-refractivity contribution is 5.95. The maximum atomic E-state index is 11.8. The minimum absolute atomic E-state index is 0.108. The molecule has 1 N–H and O–H groups in total. The van der Waals surface area contributed by atoms with E-state index in [1.54, 1.807) is 12.1 Å². The van der Waals surface area contributed by atoms with Crippen LogP contribution in [-0.4, -0.2) is 11.1 Å². The van der Waals surface area contributed by atoms with Gasteiger partial charge in [-0.15, -0.1) is 0 Å². The third kappa shape index (κ3) is 2.35. The lowest BCUT2D eigenvalue weighted by atomic mass is 9.88. The van der Waals surface area contributed by atoms with E-state index >= 15 is 0 Å². The van der Waals surface area contributed by atoms with E-state index in [0.29, 0.717) is 11.5 Å². The second-order valence-corrected chi connectivity index (χ2v) is 5.64. The Morgan fingerprint density at radius 1 is 1.39 bits per heavy atom. The number of benzene rings is 1. The summed E-state index contributed by atoms with van der Waals surface area (Å²) in [6, 6.07) is 4.90. The Kier molecular flexibility index (Phi) is 3.33. The van der Waals surface area contributed by atoms with Crippen molar-refractivity contribution in [3.63, 3.8) is 0 Å². The molecule has 18 heavy (non-hydrogen) atoms.